The highest BCUT2D eigenvalue weighted by atomic mass is 19.4. The molecule has 1 aromatic heterocycles. The average molecular weight is 590 g/mol. The fourth-order valence-corrected chi connectivity index (χ4v) is 3.11. The minimum Gasteiger partial charge on any atom is -0.464 e. The highest BCUT2D eigenvalue weighted by Gasteiger charge is 2.38. The first-order valence-electron chi connectivity index (χ1n) is 10.6. The number of benzene rings is 2. The van der Waals surface area contributed by atoms with Crippen molar-refractivity contribution in [2.75, 3.05) is 12.4 Å². The molecule has 0 fully saturated rings. The van der Waals surface area contributed by atoms with Crippen LogP contribution in [0.15, 0.2) is 48.5 Å². The molecule has 0 aliphatic heterocycles. The van der Waals surface area contributed by atoms with Crippen molar-refractivity contribution in [3.05, 3.63) is 71.2 Å². The monoisotopic (exact) mass is 590 g/mol. The minimum absolute atomic E-state index is 0.199. The van der Waals surface area contributed by atoms with Crippen molar-refractivity contribution >= 4 is 25.5 Å². The lowest BCUT2D eigenvalue weighted by atomic mass is 10.1. The number of halogens is 7. The summed E-state index contributed by atoms with van der Waals surface area (Å²) in [6.45, 7) is 0. The number of rotatable bonds is 8. The first-order chi connectivity index (χ1) is 18.9. The van der Waals surface area contributed by atoms with Crippen LogP contribution >= 0.6 is 0 Å². The van der Waals surface area contributed by atoms with E-state index < -0.39 is 76.0 Å². The van der Waals surface area contributed by atoms with E-state index in [1.165, 1.54) is 12.1 Å². The Hall–Kier alpha value is -4.58. The Morgan fingerprint density at radius 1 is 0.927 bits per heavy atom. The van der Waals surface area contributed by atoms with Gasteiger partial charge in [0, 0.05) is 6.07 Å². The summed E-state index contributed by atoms with van der Waals surface area (Å²) in [7, 11) is 5.91. The standard InChI is InChI=1S/C23H14BF7N2O8/c1-38-20(35)12-3-2-4-16(32-12)33-19(34)17-14(8-6-11(18(17)25)21(26,27)28)39-13-7-5-10(40-23(29,30)31)9-15(13)41-22(24,36)37/h2-9,36-37H,1H3,(H,32,33,34). The molecular weight excluding hydrogens is 576 g/mol. The molecule has 0 spiro atoms. The summed E-state index contributed by atoms with van der Waals surface area (Å²) in [6, 6.07) is 5.86. The molecule has 18 heteroatoms. The number of methoxy groups -OCH3 is 1. The minimum atomic E-state index is -5.29. The number of carbonyl (C=O) groups is 2. The van der Waals surface area contributed by atoms with Gasteiger partial charge in [-0.25, -0.2) is 14.2 Å². The quantitative estimate of drug-likeness (QED) is 0.153. The van der Waals surface area contributed by atoms with Crippen LogP contribution in [0.1, 0.15) is 26.4 Å². The molecule has 3 N–H and O–H groups in total. The second kappa shape index (κ2) is 11.5. The zero-order chi connectivity index (χ0) is 30.8. The van der Waals surface area contributed by atoms with Crippen LogP contribution in [-0.4, -0.2) is 54.3 Å². The highest BCUT2D eigenvalue weighted by Crippen LogP contribution is 2.41. The molecule has 3 rings (SSSR count). The van der Waals surface area contributed by atoms with Gasteiger partial charge in [0.15, 0.2) is 23.0 Å². The topological polar surface area (TPSA) is 136 Å². The fourth-order valence-electron chi connectivity index (χ4n) is 3.11. The van der Waals surface area contributed by atoms with Gasteiger partial charge < -0.3 is 34.5 Å². The zero-order valence-corrected chi connectivity index (χ0v) is 20.1. The van der Waals surface area contributed by atoms with E-state index in [9.17, 15) is 46.1 Å². The summed E-state index contributed by atoms with van der Waals surface area (Å²) >= 11 is 0. The highest BCUT2D eigenvalue weighted by molar-refractivity contribution is 6.12. The molecule has 0 unspecified atom stereocenters. The molecule has 41 heavy (non-hydrogen) atoms. The van der Waals surface area contributed by atoms with Crippen molar-refractivity contribution in [3.8, 4) is 23.0 Å². The van der Waals surface area contributed by atoms with E-state index in [1.807, 2.05) is 5.32 Å². The number of pyridine rings is 1. The summed E-state index contributed by atoms with van der Waals surface area (Å²) in [5.74, 6) is -12.3. The molecule has 3 aromatic rings. The Balaban J connectivity index is 2.10. The van der Waals surface area contributed by atoms with Gasteiger partial charge >= 0.3 is 18.5 Å². The van der Waals surface area contributed by atoms with E-state index >= 15 is 4.39 Å². The molecule has 0 bridgehead atoms. The molecule has 0 atom stereocenters. The fraction of sp³-hybridized carbons (Fsp3) is 0.174. The number of amides is 1. The molecule has 10 nitrogen and oxygen atoms in total. The molecule has 1 amide bonds. The number of carbonyl (C=O) groups excluding carboxylic acids is 2. The van der Waals surface area contributed by atoms with E-state index in [1.54, 1.807) is 0 Å². The van der Waals surface area contributed by atoms with Gasteiger partial charge in [-0.3, -0.25) is 4.79 Å². The van der Waals surface area contributed by atoms with Crippen molar-refractivity contribution in [1.82, 2.24) is 4.98 Å². The van der Waals surface area contributed by atoms with Gasteiger partial charge in [0.05, 0.1) is 12.7 Å². The molecule has 216 valence electrons. The molecule has 0 aliphatic rings. The van der Waals surface area contributed by atoms with Crippen LogP contribution in [0.3, 0.4) is 0 Å². The van der Waals surface area contributed by atoms with Gasteiger partial charge in [0.25, 0.3) is 11.8 Å². The normalized spacial score (nSPS) is 12.0. The van der Waals surface area contributed by atoms with Crippen LogP contribution in [0, 0.1) is 5.82 Å². The van der Waals surface area contributed by atoms with Gasteiger partial charge in [-0.05, 0) is 36.4 Å². The van der Waals surface area contributed by atoms with Crippen LogP contribution in [0.5, 0.6) is 23.0 Å². The molecule has 2 radical (unpaired) electrons. The maximum Gasteiger partial charge on any atom is 0.573 e. The Morgan fingerprint density at radius 3 is 2.17 bits per heavy atom. The molecule has 0 aliphatic carbocycles. The second-order valence-electron chi connectivity index (χ2n) is 7.67. The summed E-state index contributed by atoms with van der Waals surface area (Å²) in [4.78, 5) is 28.4. The van der Waals surface area contributed by atoms with Gasteiger partial charge in [0.2, 0.25) is 7.85 Å². The SMILES string of the molecule is [B]C(O)(O)Oc1cc(OC(F)(F)F)ccc1Oc1ccc(C(F)(F)F)c(F)c1C(=O)Nc1cccc(C(=O)OC)n1. The van der Waals surface area contributed by atoms with Crippen LogP contribution in [0.2, 0.25) is 0 Å². The van der Waals surface area contributed by atoms with Gasteiger partial charge in [-0.1, -0.05) is 6.07 Å². The first-order valence-corrected chi connectivity index (χ1v) is 10.6. The van der Waals surface area contributed by atoms with E-state index in [0.717, 1.165) is 13.2 Å². The number of aromatic nitrogens is 1. The third-order valence-corrected chi connectivity index (χ3v) is 4.65. The van der Waals surface area contributed by atoms with Crippen molar-refractivity contribution in [3.63, 3.8) is 0 Å². The third kappa shape index (κ3) is 8.21. The number of nitrogens with zero attached hydrogens (tertiary/aromatic N) is 1. The van der Waals surface area contributed by atoms with Crippen molar-refractivity contribution in [2.24, 2.45) is 0 Å². The van der Waals surface area contributed by atoms with Crippen LogP contribution in [0.25, 0.3) is 0 Å². The van der Waals surface area contributed by atoms with E-state index in [0.29, 0.717) is 24.3 Å². The van der Waals surface area contributed by atoms with Crippen LogP contribution in [-0.2, 0) is 10.9 Å². The Bertz CT molecular complexity index is 1460. The van der Waals surface area contributed by atoms with Crippen LogP contribution < -0.4 is 19.5 Å². The number of nitrogens with one attached hydrogen (secondary N) is 1. The zero-order valence-electron chi connectivity index (χ0n) is 20.1. The maximum atomic E-state index is 15.1. The number of hydrogen-bond donors (Lipinski definition) is 3. The predicted molar refractivity (Wildman–Crippen MR) is 122 cm³/mol. The largest absolute Gasteiger partial charge is 0.573 e. The lowest BCUT2D eigenvalue weighted by Gasteiger charge is -2.22. The number of ether oxygens (including phenoxy) is 4. The molecule has 1 heterocycles. The molecule has 0 saturated carbocycles. The van der Waals surface area contributed by atoms with Gasteiger partial charge in [0.1, 0.15) is 22.9 Å². The maximum absolute atomic E-state index is 15.1. The van der Waals surface area contributed by atoms with E-state index in [2.05, 4.69) is 19.2 Å². The van der Waals surface area contributed by atoms with Crippen LogP contribution in [0.4, 0.5) is 36.6 Å². The smallest absolute Gasteiger partial charge is 0.464 e. The average Bonchev–Trinajstić information content (AvgIpc) is 2.82. The lowest BCUT2D eigenvalue weighted by Crippen LogP contribution is -2.35. The van der Waals surface area contributed by atoms with Crippen molar-refractivity contribution in [2.45, 2.75) is 18.4 Å². The summed E-state index contributed by atoms with van der Waals surface area (Å²) in [5, 5.41) is 20.7. The lowest BCUT2D eigenvalue weighted by molar-refractivity contribution is -0.274. The Kier molecular flexibility index (Phi) is 8.68. The summed E-state index contributed by atoms with van der Waals surface area (Å²) in [6.07, 6.45) is -10.5. The summed E-state index contributed by atoms with van der Waals surface area (Å²) < 4.78 is 111. The van der Waals surface area contributed by atoms with Gasteiger partial charge in [-0.2, -0.15) is 13.2 Å². The van der Waals surface area contributed by atoms with E-state index in [4.69, 9.17) is 12.6 Å². The Labute approximate surface area is 225 Å². The van der Waals surface area contributed by atoms with E-state index in [-0.39, 0.29) is 11.8 Å². The number of esters is 1. The van der Waals surface area contributed by atoms with Crippen molar-refractivity contribution < 1.29 is 69.5 Å². The number of anilines is 1. The first kappa shape index (κ1) is 31.0. The summed E-state index contributed by atoms with van der Waals surface area (Å²) in [5.41, 5.74) is -3.60. The van der Waals surface area contributed by atoms with Gasteiger partial charge in [-0.15, -0.1) is 13.2 Å². The molecule has 0 saturated heterocycles. The number of aliphatic hydroxyl groups is 2. The molecule has 2 aromatic carbocycles. The Morgan fingerprint density at radius 2 is 1.59 bits per heavy atom. The predicted octanol–water partition coefficient (Wildman–Crippen LogP) is 4.11. The third-order valence-electron chi connectivity index (χ3n) is 4.65. The number of hydrogen-bond acceptors (Lipinski definition) is 9. The number of alkyl halides is 6. The second-order valence-corrected chi connectivity index (χ2v) is 7.67. The molecular formula is C23H14BF7N2O8. The van der Waals surface area contributed by atoms with Crippen molar-refractivity contribution in [1.29, 1.82) is 0 Å².